The Morgan fingerprint density at radius 3 is 2.37 bits per heavy atom. The number of ketones is 1. The van der Waals surface area contributed by atoms with Crippen molar-refractivity contribution in [1.29, 1.82) is 0 Å². The zero-order valence-electron chi connectivity index (χ0n) is 12.5. The van der Waals surface area contributed by atoms with E-state index in [0.717, 1.165) is 13.0 Å². The molecule has 0 N–H and O–H groups in total. The fourth-order valence-electron chi connectivity index (χ4n) is 3.77. The van der Waals surface area contributed by atoms with Gasteiger partial charge in [0.25, 0.3) is 0 Å². The third-order valence-corrected chi connectivity index (χ3v) is 5.01. The number of carbonyl (C=O) groups excluding carboxylic acids is 2. The maximum absolute atomic E-state index is 12.7. The van der Waals surface area contributed by atoms with E-state index in [9.17, 15) is 9.59 Å². The molecule has 0 aromatic heterocycles. The largest absolute Gasteiger partial charge is 0.332 e. The predicted molar refractivity (Wildman–Crippen MR) is 75.7 cm³/mol. The molecule has 108 valence electrons. The molecule has 3 atom stereocenters. The molecule has 2 fully saturated rings. The molecule has 19 heavy (non-hydrogen) atoms. The lowest BCUT2D eigenvalue weighted by Crippen LogP contribution is -2.44. The maximum Gasteiger partial charge on any atom is 0.226 e. The minimum Gasteiger partial charge on any atom is -0.332 e. The van der Waals surface area contributed by atoms with Crippen LogP contribution in [0.2, 0.25) is 0 Å². The van der Waals surface area contributed by atoms with Crippen molar-refractivity contribution in [1.82, 2.24) is 4.90 Å². The van der Waals surface area contributed by atoms with Crippen molar-refractivity contribution in [2.45, 2.75) is 65.3 Å². The van der Waals surface area contributed by atoms with Gasteiger partial charge in [0.15, 0.2) is 5.78 Å². The second-order valence-corrected chi connectivity index (χ2v) is 6.64. The minimum absolute atomic E-state index is 0.0902. The van der Waals surface area contributed by atoms with Gasteiger partial charge in [-0.3, -0.25) is 9.59 Å². The number of amides is 1. The summed E-state index contributed by atoms with van der Waals surface area (Å²) >= 11 is 0. The molecule has 0 bridgehead atoms. The number of carbonyl (C=O) groups is 2. The molecule has 3 heteroatoms. The Labute approximate surface area is 116 Å². The van der Waals surface area contributed by atoms with Crippen LogP contribution in [0.4, 0.5) is 0 Å². The van der Waals surface area contributed by atoms with Crippen LogP contribution in [0, 0.1) is 17.8 Å². The van der Waals surface area contributed by atoms with E-state index in [1.54, 1.807) is 6.92 Å². The number of hydrogen-bond acceptors (Lipinski definition) is 2. The van der Waals surface area contributed by atoms with Crippen LogP contribution < -0.4 is 0 Å². The molecule has 1 saturated carbocycles. The maximum atomic E-state index is 12.7. The average Bonchev–Trinajstić information content (AvgIpc) is 2.80. The summed E-state index contributed by atoms with van der Waals surface area (Å²) in [4.78, 5) is 26.3. The Balaban J connectivity index is 2.02. The third-order valence-electron chi connectivity index (χ3n) is 5.01. The van der Waals surface area contributed by atoms with Crippen molar-refractivity contribution < 1.29 is 9.59 Å². The third kappa shape index (κ3) is 3.18. The van der Waals surface area contributed by atoms with Gasteiger partial charge in [0.05, 0.1) is 6.04 Å². The van der Waals surface area contributed by atoms with Crippen molar-refractivity contribution in [3.8, 4) is 0 Å². The summed E-state index contributed by atoms with van der Waals surface area (Å²) in [7, 11) is 0. The Morgan fingerprint density at radius 1 is 1.16 bits per heavy atom. The van der Waals surface area contributed by atoms with E-state index in [2.05, 4.69) is 13.8 Å². The molecule has 1 aliphatic heterocycles. The fourth-order valence-corrected chi connectivity index (χ4v) is 3.77. The molecule has 1 saturated heterocycles. The SMILES string of the molecule is CC(=O)C1C[C@@H](C)CN1C(=O)[C@@H](C)C1CCCCC1. The van der Waals surface area contributed by atoms with E-state index < -0.39 is 0 Å². The van der Waals surface area contributed by atoms with E-state index in [4.69, 9.17) is 0 Å². The van der Waals surface area contributed by atoms with Gasteiger partial charge in [0.2, 0.25) is 5.91 Å². The molecule has 3 nitrogen and oxygen atoms in total. The summed E-state index contributed by atoms with van der Waals surface area (Å²) in [5.41, 5.74) is 0. The highest BCUT2D eigenvalue weighted by Crippen LogP contribution is 2.33. The zero-order chi connectivity index (χ0) is 14.0. The average molecular weight is 265 g/mol. The smallest absolute Gasteiger partial charge is 0.226 e. The van der Waals surface area contributed by atoms with E-state index in [1.807, 2.05) is 4.90 Å². The molecule has 0 aromatic carbocycles. The van der Waals surface area contributed by atoms with Gasteiger partial charge in [-0.15, -0.1) is 0 Å². The van der Waals surface area contributed by atoms with E-state index >= 15 is 0 Å². The summed E-state index contributed by atoms with van der Waals surface area (Å²) in [5.74, 6) is 1.44. The molecule has 1 unspecified atom stereocenters. The van der Waals surface area contributed by atoms with Crippen molar-refractivity contribution in [2.24, 2.45) is 17.8 Å². The lowest BCUT2D eigenvalue weighted by Gasteiger charge is -2.32. The van der Waals surface area contributed by atoms with Gasteiger partial charge < -0.3 is 4.90 Å². The first kappa shape index (κ1) is 14.5. The molecule has 0 radical (unpaired) electrons. The Kier molecular flexibility index (Phi) is 4.64. The summed E-state index contributed by atoms with van der Waals surface area (Å²) < 4.78 is 0. The Bertz CT molecular complexity index is 347. The van der Waals surface area contributed by atoms with Gasteiger partial charge in [0, 0.05) is 12.5 Å². The van der Waals surface area contributed by atoms with Crippen LogP contribution in [0.25, 0.3) is 0 Å². The summed E-state index contributed by atoms with van der Waals surface area (Å²) in [6.45, 7) is 6.58. The van der Waals surface area contributed by atoms with Crippen LogP contribution in [0.3, 0.4) is 0 Å². The number of nitrogens with zero attached hydrogens (tertiary/aromatic N) is 1. The molecule has 2 aliphatic rings. The second kappa shape index (κ2) is 6.06. The standard InChI is InChI=1S/C16H27NO2/c1-11-9-15(13(3)18)17(10-11)16(19)12(2)14-7-5-4-6-8-14/h11-12,14-15H,4-10H2,1-3H3/t11-,12+,15?/m1/s1. The van der Waals surface area contributed by atoms with Gasteiger partial charge in [0.1, 0.15) is 0 Å². The molecule has 1 aliphatic carbocycles. The number of likely N-dealkylation sites (tertiary alicyclic amines) is 1. The molecule has 0 aromatic rings. The molecular weight excluding hydrogens is 238 g/mol. The highest BCUT2D eigenvalue weighted by molar-refractivity contribution is 5.89. The first-order valence-corrected chi connectivity index (χ1v) is 7.81. The highest BCUT2D eigenvalue weighted by Gasteiger charge is 2.39. The van der Waals surface area contributed by atoms with Gasteiger partial charge >= 0.3 is 0 Å². The minimum atomic E-state index is -0.159. The van der Waals surface area contributed by atoms with E-state index in [0.29, 0.717) is 11.8 Å². The van der Waals surface area contributed by atoms with E-state index in [-0.39, 0.29) is 23.7 Å². The number of rotatable bonds is 3. The van der Waals surface area contributed by atoms with Crippen molar-refractivity contribution >= 4 is 11.7 Å². The highest BCUT2D eigenvalue weighted by atomic mass is 16.2. The number of hydrogen-bond donors (Lipinski definition) is 0. The normalized spacial score (nSPS) is 30.4. The molecular formula is C16H27NO2. The summed E-state index contributed by atoms with van der Waals surface area (Å²) in [5, 5.41) is 0. The summed E-state index contributed by atoms with van der Waals surface area (Å²) in [6, 6.07) is -0.159. The van der Waals surface area contributed by atoms with E-state index in [1.165, 1.54) is 32.1 Å². The summed E-state index contributed by atoms with van der Waals surface area (Å²) in [6.07, 6.45) is 7.04. The molecule has 0 spiro atoms. The fraction of sp³-hybridized carbons (Fsp3) is 0.875. The lowest BCUT2D eigenvalue weighted by atomic mass is 9.80. The topological polar surface area (TPSA) is 37.4 Å². The quantitative estimate of drug-likeness (QED) is 0.786. The number of Topliss-reactive ketones (excluding diaryl/α,β-unsaturated/α-hetero) is 1. The first-order chi connectivity index (χ1) is 9.00. The van der Waals surface area contributed by atoms with Crippen LogP contribution in [0.5, 0.6) is 0 Å². The monoisotopic (exact) mass is 265 g/mol. The van der Waals surface area contributed by atoms with Crippen LogP contribution in [0.1, 0.15) is 59.3 Å². The predicted octanol–water partition coefficient (Wildman–Crippen LogP) is 3.03. The molecule has 1 amide bonds. The molecule has 1 heterocycles. The van der Waals surface area contributed by atoms with Crippen molar-refractivity contribution in [2.75, 3.05) is 6.54 Å². The van der Waals surface area contributed by atoms with Crippen LogP contribution in [-0.4, -0.2) is 29.2 Å². The van der Waals surface area contributed by atoms with Gasteiger partial charge in [-0.05, 0) is 38.0 Å². The second-order valence-electron chi connectivity index (χ2n) is 6.64. The van der Waals surface area contributed by atoms with Crippen LogP contribution in [0.15, 0.2) is 0 Å². The lowest BCUT2D eigenvalue weighted by molar-refractivity contribution is -0.141. The first-order valence-electron chi connectivity index (χ1n) is 7.81. The van der Waals surface area contributed by atoms with Crippen molar-refractivity contribution in [3.63, 3.8) is 0 Å². The van der Waals surface area contributed by atoms with Crippen LogP contribution >= 0.6 is 0 Å². The Morgan fingerprint density at radius 2 is 1.79 bits per heavy atom. The van der Waals surface area contributed by atoms with Gasteiger partial charge in [-0.25, -0.2) is 0 Å². The van der Waals surface area contributed by atoms with Crippen molar-refractivity contribution in [3.05, 3.63) is 0 Å². The van der Waals surface area contributed by atoms with Gasteiger partial charge in [-0.2, -0.15) is 0 Å². The Hall–Kier alpha value is -0.860. The van der Waals surface area contributed by atoms with Crippen LogP contribution in [-0.2, 0) is 9.59 Å². The zero-order valence-corrected chi connectivity index (χ0v) is 12.5. The van der Waals surface area contributed by atoms with Gasteiger partial charge in [-0.1, -0.05) is 33.1 Å². The molecule has 2 rings (SSSR count).